The molecule has 0 fully saturated rings. The molecular weight excluding hydrogens is 564 g/mol. The summed E-state index contributed by atoms with van der Waals surface area (Å²) in [5.41, 5.74) is 1.07. The highest BCUT2D eigenvalue weighted by molar-refractivity contribution is 9.10. The van der Waals surface area contributed by atoms with Crippen molar-refractivity contribution in [1.29, 1.82) is 0 Å². The highest BCUT2D eigenvalue weighted by Crippen LogP contribution is 2.32. The Balaban J connectivity index is 1.59. The van der Waals surface area contributed by atoms with E-state index in [1.807, 2.05) is 30.3 Å². The molecule has 0 bridgehead atoms. The molecule has 0 unspecified atom stereocenters. The van der Waals surface area contributed by atoms with Gasteiger partial charge in [-0.1, -0.05) is 76.1 Å². The smallest absolute Gasteiger partial charge is 0.243 e. The molecule has 0 radical (unpaired) electrons. The summed E-state index contributed by atoms with van der Waals surface area (Å²) in [7, 11) is -3.96. The van der Waals surface area contributed by atoms with Crippen molar-refractivity contribution in [3.8, 4) is 11.5 Å². The van der Waals surface area contributed by atoms with Gasteiger partial charge >= 0.3 is 0 Å². The third-order valence-electron chi connectivity index (χ3n) is 5.16. The number of para-hydroxylation sites is 1. The number of carbonyl (C=O) groups excluding carboxylic acids is 1. The summed E-state index contributed by atoms with van der Waals surface area (Å²) in [4.78, 5) is 13.2. The van der Waals surface area contributed by atoms with Crippen LogP contribution in [0.15, 0.2) is 112 Å². The van der Waals surface area contributed by atoms with E-state index in [2.05, 4.69) is 21.2 Å². The van der Waals surface area contributed by atoms with E-state index in [-0.39, 0.29) is 11.4 Å². The normalized spacial score (nSPS) is 11.3. The summed E-state index contributed by atoms with van der Waals surface area (Å²) >= 11 is 9.55. The average Bonchev–Trinajstić information content (AvgIpc) is 2.87. The highest BCUT2D eigenvalue weighted by atomic mass is 79.9. The van der Waals surface area contributed by atoms with Gasteiger partial charge in [-0.15, -0.1) is 0 Å². The number of amides is 1. The monoisotopic (exact) mass is 584 g/mol. The highest BCUT2D eigenvalue weighted by Gasteiger charge is 2.27. The maximum Gasteiger partial charge on any atom is 0.243 e. The van der Waals surface area contributed by atoms with E-state index in [1.54, 1.807) is 60.7 Å². The SMILES string of the molecule is O=C(CN(Cc1ccc(Br)cc1)S(=O)(=O)c1ccccc1)Nc1cc(Cl)ccc1Oc1ccccc1. The topological polar surface area (TPSA) is 75.7 Å². The Bertz CT molecular complexity index is 1430. The summed E-state index contributed by atoms with van der Waals surface area (Å²) in [5.74, 6) is 0.426. The minimum absolute atomic E-state index is 0.0147. The summed E-state index contributed by atoms with van der Waals surface area (Å²) < 4.78 is 34.8. The third kappa shape index (κ3) is 6.73. The molecule has 0 aliphatic carbocycles. The van der Waals surface area contributed by atoms with Gasteiger partial charge in [0.2, 0.25) is 15.9 Å². The number of hydrogen-bond acceptors (Lipinski definition) is 4. The molecule has 0 aliphatic heterocycles. The molecule has 0 spiro atoms. The number of sulfonamides is 1. The summed E-state index contributed by atoms with van der Waals surface area (Å²) in [6.45, 7) is -0.397. The van der Waals surface area contributed by atoms with Crippen LogP contribution in [-0.2, 0) is 21.4 Å². The second-order valence-electron chi connectivity index (χ2n) is 7.82. The molecule has 1 amide bonds. The van der Waals surface area contributed by atoms with E-state index >= 15 is 0 Å². The fourth-order valence-corrected chi connectivity index (χ4v) is 5.26. The first-order valence-corrected chi connectivity index (χ1v) is 13.5. The largest absolute Gasteiger partial charge is 0.455 e. The number of anilines is 1. The second-order valence-corrected chi connectivity index (χ2v) is 11.1. The number of carbonyl (C=O) groups is 1. The number of ether oxygens (including phenoxy) is 1. The Morgan fingerprint density at radius 2 is 1.53 bits per heavy atom. The van der Waals surface area contributed by atoms with Crippen LogP contribution in [0.25, 0.3) is 0 Å². The van der Waals surface area contributed by atoms with Crippen LogP contribution >= 0.6 is 27.5 Å². The molecule has 0 saturated heterocycles. The number of benzene rings is 4. The van der Waals surface area contributed by atoms with Crippen molar-refractivity contribution in [2.45, 2.75) is 11.4 Å². The van der Waals surface area contributed by atoms with Crippen molar-refractivity contribution >= 4 is 49.1 Å². The zero-order valence-corrected chi connectivity index (χ0v) is 22.1. The van der Waals surface area contributed by atoms with Crippen molar-refractivity contribution in [3.63, 3.8) is 0 Å². The molecular formula is C27H22BrClN2O4S. The maximum atomic E-state index is 13.4. The predicted molar refractivity (Wildman–Crippen MR) is 145 cm³/mol. The van der Waals surface area contributed by atoms with Crippen molar-refractivity contribution in [2.24, 2.45) is 0 Å². The van der Waals surface area contributed by atoms with Crippen LogP contribution in [0.3, 0.4) is 0 Å². The van der Waals surface area contributed by atoms with Crippen LogP contribution in [0.2, 0.25) is 5.02 Å². The Hall–Kier alpha value is -3.17. The van der Waals surface area contributed by atoms with E-state index in [0.29, 0.717) is 22.2 Å². The van der Waals surface area contributed by atoms with Gasteiger partial charge in [0.05, 0.1) is 17.1 Å². The summed E-state index contributed by atoms with van der Waals surface area (Å²) in [5, 5.41) is 3.16. The van der Waals surface area contributed by atoms with Gasteiger partial charge in [0.1, 0.15) is 5.75 Å². The lowest BCUT2D eigenvalue weighted by Gasteiger charge is -2.22. The molecule has 0 heterocycles. The van der Waals surface area contributed by atoms with E-state index < -0.39 is 22.5 Å². The van der Waals surface area contributed by atoms with Crippen LogP contribution in [0, 0.1) is 0 Å². The van der Waals surface area contributed by atoms with Gasteiger partial charge in [-0.05, 0) is 60.2 Å². The summed E-state index contributed by atoms with van der Waals surface area (Å²) in [6.07, 6.45) is 0. The second kappa shape index (κ2) is 11.7. The quantitative estimate of drug-likeness (QED) is 0.236. The number of hydrogen-bond donors (Lipinski definition) is 1. The molecule has 4 aromatic rings. The minimum atomic E-state index is -3.96. The zero-order valence-electron chi connectivity index (χ0n) is 19.0. The molecule has 4 rings (SSSR count). The van der Waals surface area contributed by atoms with Crippen LogP contribution < -0.4 is 10.1 Å². The van der Waals surface area contributed by atoms with Gasteiger partial charge < -0.3 is 10.1 Å². The Morgan fingerprint density at radius 1 is 0.889 bits per heavy atom. The first-order chi connectivity index (χ1) is 17.3. The van der Waals surface area contributed by atoms with Crippen LogP contribution in [-0.4, -0.2) is 25.2 Å². The summed E-state index contributed by atoms with van der Waals surface area (Å²) in [6, 6.07) is 29.2. The zero-order chi connectivity index (χ0) is 25.5. The maximum absolute atomic E-state index is 13.4. The molecule has 0 atom stereocenters. The van der Waals surface area contributed by atoms with Crippen molar-refractivity contribution in [2.75, 3.05) is 11.9 Å². The van der Waals surface area contributed by atoms with E-state index in [1.165, 1.54) is 12.1 Å². The molecule has 0 aliphatic rings. The van der Waals surface area contributed by atoms with E-state index in [0.717, 1.165) is 14.3 Å². The molecule has 1 N–H and O–H groups in total. The van der Waals surface area contributed by atoms with Crippen molar-refractivity contribution in [1.82, 2.24) is 4.31 Å². The predicted octanol–water partition coefficient (Wildman–Crippen LogP) is 6.72. The van der Waals surface area contributed by atoms with Gasteiger partial charge in [-0.3, -0.25) is 4.79 Å². The first kappa shape index (κ1) is 25.9. The van der Waals surface area contributed by atoms with Crippen LogP contribution in [0.4, 0.5) is 5.69 Å². The van der Waals surface area contributed by atoms with Gasteiger partial charge in [0, 0.05) is 16.0 Å². The molecule has 6 nitrogen and oxygen atoms in total. The van der Waals surface area contributed by atoms with Gasteiger partial charge in [0.25, 0.3) is 0 Å². The van der Waals surface area contributed by atoms with Crippen molar-refractivity contribution in [3.05, 3.63) is 118 Å². The molecule has 0 aromatic heterocycles. The minimum Gasteiger partial charge on any atom is -0.455 e. The lowest BCUT2D eigenvalue weighted by atomic mass is 10.2. The molecule has 0 saturated carbocycles. The fourth-order valence-electron chi connectivity index (χ4n) is 3.42. The van der Waals surface area contributed by atoms with E-state index in [9.17, 15) is 13.2 Å². The van der Waals surface area contributed by atoms with Gasteiger partial charge in [0.15, 0.2) is 5.75 Å². The molecule has 4 aromatic carbocycles. The number of nitrogens with one attached hydrogen (secondary N) is 1. The van der Waals surface area contributed by atoms with Gasteiger partial charge in [-0.25, -0.2) is 8.42 Å². The van der Waals surface area contributed by atoms with Crippen molar-refractivity contribution < 1.29 is 17.9 Å². The molecule has 9 heteroatoms. The average molecular weight is 586 g/mol. The van der Waals surface area contributed by atoms with Crippen LogP contribution in [0.1, 0.15) is 5.56 Å². The lowest BCUT2D eigenvalue weighted by molar-refractivity contribution is -0.116. The fraction of sp³-hybridized carbons (Fsp3) is 0.0741. The Morgan fingerprint density at radius 3 is 2.19 bits per heavy atom. The molecule has 184 valence electrons. The standard InChI is InChI=1S/C27H22BrClN2O4S/c28-21-13-11-20(12-14-21)18-31(36(33,34)24-9-5-2-6-10-24)19-27(32)30-25-17-22(29)15-16-26(25)35-23-7-3-1-4-8-23/h1-17H,18-19H2,(H,30,32). The number of nitrogens with zero attached hydrogens (tertiary/aromatic N) is 1. The van der Waals surface area contributed by atoms with Crippen LogP contribution in [0.5, 0.6) is 11.5 Å². The Kier molecular flexibility index (Phi) is 8.43. The third-order valence-corrected chi connectivity index (χ3v) is 7.73. The Labute approximate surface area is 223 Å². The van der Waals surface area contributed by atoms with Gasteiger partial charge in [-0.2, -0.15) is 4.31 Å². The molecule has 36 heavy (non-hydrogen) atoms. The number of halogens is 2. The first-order valence-electron chi connectivity index (χ1n) is 10.9. The number of rotatable bonds is 9. The lowest BCUT2D eigenvalue weighted by Crippen LogP contribution is -2.37. The van der Waals surface area contributed by atoms with E-state index in [4.69, 9.17) is 16.3 Å².